The van der Waals surface area contributed by atoms with Gasteiger partial charge in [0.15, 0.2) is 18.3 Å². The van der Waals surface area contributed by atoms with Gasteiger partial charge in [-0.3, -0.25) is 4.79 Å². The van der Waals surface area contributed by atoms with Gasteiger partial charge in [-0.1, -0.05) is 0 Å². The van der Waals surface area contributed by atoms with Crippen LogP contribution in [0.4, 0.5) is 0 Å². The summed E-state index contributed by atoms with van der Waals surface area (Å²) in [6.45, 7) is 1.11. The molecule has 16 heavy (non-hydrogen) atoms. The van der Waals surface area contributed by atoms with Crippen molar-refractivity contribution in [3.8, 4) is 17.2 Å². The van der Waals surface area contributed by atoms with E-state index in [0.29, 0.717) is 24.6 Å². The second kappa shape index (κ2) is 4.85. The van der Waals surface area contributed by atoms with Crippen molar-refractivity contribution >= 4 is 6.47 Å². The van der Waals surface area contributed by atoms with Crippen LogP contribution in [0.1, 0.15) is 5.56 Å². The molecule has 5 nitrogen and oxygen atoms in total. The van der Waals surface area contributed by atoms with Gasteiger partial charge in [0, 0.05) is 25.2 Å². The molecule has 1 aromatic carbocycles. The first-order chi connectivity index (χ1) is 7.85. The lowest BCUT2D eigenvalue weighted by atomic mass is 10.1. The Balaban J connectivity index is 2.28. The Morgan fingerprint density at radius 2 is 2.31 bits per heavy atom. The molecule has 0 atom stereocenters. The van der Waals surface area contributed by atoms with Gasteiger partial charge in [0.25, 0.3) is 6.47 Å². The molecule has 0 saturated carbocycles. The summed E-state index contributed by atoms with van der Waals surface area (Å²) in [5.74, 6) is 1.56. The molecule has 0 N–H and O–H groups in total. The minimum absolute atomic E-state index is 0.106. The maximum absolute atomic E-state index is 10.4. The fourth-order valence-corrected chi connectivity index (χ4v) is 1.56. The summed E-state index contributed by atoms with van der Waals surface area (Å²) in [5, 5.41) is 0. The van der Waals surface area contributed by atoms with Crippen molar-refractivity contribution in [1.82, 2.24) is 0 Å². The largest absolute Gasteiger partial charge is 0.493 e. The van der Waals surface area contributed by atoms with Crippen LogP contribution in [0.5, 0.6) is 17.2 Å². The highest BCUT2D eigenvalue weighted by Crippen LogP contribution is 2.37. The first-order valence-corrected chi connectivity index (χ1v) is 4.87. The molecule has 0 amide bonds. The lowest BCUT2D eigenvalue weighted by Gasteiger charge is -2.10. The van der Waals surface area contributed by atoms with E-state index in [4.69, 9.17) is 18.9 Å². The van der Waals surface area contributed by atoms with Crippen molar-refractivity contribution < 1.29 is 23.7 Å². The standard InChI is InChI=1S/C11H12O5/c1-13-7-16-10-4-8-2-3-14-9(8)5-11(10)15-6-12/h4-6H,2-3,7H2,1H3. The normalized spacial score (nSPS) is 12.8. The van der Waals surface area contributed by atoms with E-state index in [-0.39, 0.29) is 6.79 Å². The summed E-state index contributed by atoms with van der Waals surface area (Å²) in [4.78, 5) is 10.4. The number of hydrogen-bond donors (Lipinski definition) is 0. The smallest absolute Gasteiger partial charge is 0.298 e. The molecule has 1 aliphatic rings. The van der Waals surface area contributed by atoms with Crippen molar-refractivity contribution in [3.05, 3.63) is 17.7 Å². The highest BCUT2D eigenvalue weighted by molar-refractivity contribution is 5.56. The van der Waals surface area contributed by atoms with Crippen LogP contribution < -0.4 is 14.2 Å². The van der Waals surface area contributed by atoms with Gasteiger partial charge >= 0.3 is 0 Å². The quantitative estimate of drug-likeness (QED) is 0.554. The molecule has 0 aliphatic carbocycles. The van der Waals surface area contributed by atoms with Gasteiger partial charge in [-0.15, -0.1) is 0 Å². The average Bonchev–Trinajstić information content (AvgIpc) is 2.73. The van der Waals surface area contributed by atoms with Crippen molar-refractivity contribution in [1.29, 1.82) is 0 Å². The predicted octanol–water partition coefficient (Wildman–Crippen LogP) is 1.14. The fourth-order valence-electron chi connectivity index (χ4n) is 1.56. The van der Waals surface area contributed by atoms with Gasteiger partial charge in [0.1, 0.15) is 5.75 Å². The number of rotatable bonds is 5. The summed E-state index contributed by atoms with van der Waals surface area (Å²) in [6.07, 6.45) is 0.833. The Hall–Kier alpha value is -1.75. The Bertz CT molecular complexity index is 388. The maximum Gasteiger partial charge on any atom is 0.298 e. The van der Waals surface area contributed by atoms with E-state index >= 15 is 0 Å². The van der Waals surface area contributed by atoms with Crippen LogP contribution in [0.2, 0.25) is 0 Å². The van der Waals surface area contributed by atoms with Gasteiger partial charge in [0.2, 0.25) is 0 Å². The topological polar surface area (TPSA) is 54.0 Å². The summed E-state index contributed by atoms with van der Waals surface area (Å²) in [6, 6.07) is 3.46. The molecule has 0 spiro atoms. The molecule has 86 valence electrons. The summed E-state index contributed by atoms with van der Waals surface area (Å²) < 4.78 is 20.3. The fraction of sp³-hybridized carbons (Fsp3) is 0.364. The Morgan fingerprint density at radius 3 is 3.06 bits per heavy atom. The highest BCUT2D eigenvalue weighted by atomic mass is 16.7. The minimum atomic E-state index is 0.106. The van der Waals surface area contributed by atoms with E-state index in [1.54, 1.807) is 12.1 Å². The van der Waals surface area contributed by atoms with E-state index in [0.717, 1.165) is 17.7 Å². The Labute approximate surface area is 92.9 Å². The number of fused-ring (bicyclic) bond motifs is 1. The van der Waals surface area contributed by atoms with Gasteiger partial charge in [-0.05, 0) is 6.07 Å². The van der Waals surface area contributed by atoms with Crippen molar-refractivity contribution in [2.75, 3.05) is 20.5 Å². The number of hydrogen-bond acceptors (Lipinski definition) is 5. The van der Waals surface area contributed by atoms with Crippen molar-refractivity contribution in [3.63, 3.8) is 0 Å². The van der Waals surface area contributed by atoms with Crippen LogP contribution in [0.3, 0.4) is 0 Å². The number of benzene rings is 1. The molecular formula is C11H12O5. The second-order valence-electron chi connectivity index (χ2n) is 3.27. The van der Waals surface area contributed by atoms with Crippen molar-refractivity contribution in [2.45, 2.75) is 6.42 Å². The summed E-state index contributed by atoms with van der Waals surface area (Å²) in [7, 11) is 1.52. The molecule has 0 radical (unpaired) electrons. The molecule has 0 bridgehead atoms. The molecule has 0 aromatic heterocycles. The lowest BCUT2D eigenvalue weighted by Crippen LogP contribution is -2.02. The molecule has 0 unspecified atom stereocenters. The van der Waals surface area contributed by atoms with Gasteiger partial charge < -0.3 is 18.9 Å². The summed E-state index contributed by atoms with van der Waals surface area (Å²) >= 11 is 0. The molecule has 1 aromatic rings. The molecule has 1 aliphatic heterocycles. The molecule has 0 saturated heterocycles. The third kappa shape index (κ3) is 2.09. The number of carbonyl (C=O) groups is 1. The maximum atomic E-state index is 10.4. The number of ether oxygens (including phenoxy) is 4. The number of methoxy groups -OCH3 is 1. The van der Waals surface area contributed by atoms with Gasteiger partial charge in [-0.25, -0.2) is 0 Å². The van der Waals surface area contributed by atoms with E-state index in [1.165, 1.54) is 7.11 Å². The summed E-state index contributed by atoms with van der Waals surface area (Å²) in [5.41, 5.74) is 1.05. The van der Waals surface area contributed by atoms with E-state index < -0.39 is 0 Å². The average molecular weight is 224 g/mol. The van der Waals surface area contributed by atoms with Crippen LogP contribution in [-0.2, 0) is 16.0 Å². The van der Waals surface area contributed by atoms with Crippen LogP contribution in [0.25, 0.3) is 0 Å². The van der Waals surface area contributed by atoms with E-state index in [9.17, 15) is 4.79 Å². The van der Waals surface area contributed by atoms with Gasteiger partial charge in [-0.2, -0.15) is 0 Å². The van der Waals surface area contributed by atoms with Crippen LogP contribution in [-0.4, -0.2) is 27.0 Å². The van der Waals surface area contributed by atoms with E-state index in [1.807, 2.05) is 0 Å². The highest BCUT2D eigenvalue weighted by Gasteiger charge is 2.17. The predicted molar refractivity (Wildman–Crippen MR) is 54.8 cm³/mol. The first-order valence-electron chi connectivity index (χ1n) is 4.87. The van der Waals surface area contributed by atoms with Crippen LogP contribution >= 0.6 is 0 Å². The second-order valence-corrected chi connectivity index (χ2v) is 3.27. The minimum Gasteiger partial charge on any atom is -0.493 e. The third-order valence-electron chi connectivity index (χ3n) is 2.26. The lowest BCUT2D eigenvalue weighted by molar-refractivity contribution is -0.120. The zero-order valence-electron chi connectivity index (χ0n) is 8.89. The monoisotopic (exact) mass is 224 g/mol. The third-order valence-corrected chi connectivity index (χ3v) is 2.26. The molecule has 2 rings (SSSR count). The Morgan fingerprint density at radius 1 is 1.44 bits per heavy atom. The van der Waals surface area contributed by atoms with E-state index in [2.05, 4.69) is 0 Å². The first kappa shape index (κ1) is 10.8. The van der Waals surface area contributed by atoms with Crippen LogP contribution in [0.15, 0.2) is 12.1 Å². The Kier molecular flexibility index (Phi) is 3.26. The molecule has 5 heteroatoms. The number of carbonyl (C=O) groups excluding carboxylic acids is 1. The van der Waals surface area contributed by atoms with Crippen LogP contribution in [0, 0.1) is 0 Å². The zero-order valence-corrected chi connectivity index (χ0v) is 8.89. The van der Waals surface area contributed by atoms with Gasteiger partial charge in [0.05, 0.1) is 6.61 Å². The SMILES string of the molecule is COCOc1cc2c(cc1OC=O)OCC2. The molecular weight excluding hydrogens is 212 g/mol. The zero-order chi connectivity index (χ0) is 11.4. The molecule has 0 fully saturated rings. The molecule has 1 heterocycles. The van der Waals surface area contributed by atoms with Crippen molar-refractivity contribution in [2.24, 2.45) is 0 Å².